The van der Waals surface area contributed by atoms with Crippen LogP contribution in [0, 0.1) is 11.8 Å². The number of nitrogens with zero attached hydrogens (tertiary/aromatic N) is 1. The molecule has 0 saturated carbocycles. The number of piperidine rings is 1. The molecule has 1 heterocycles. The van der Waals surface area contributed by atoms with E-state index in [2.05, 4.69) is 0 Å². The predicted molar refractivity (Wildman–Crippen MR) is 86.8 cm³/mol. The van der Waals surface area contributed by atoms with Gasteiger partial charge >= 0.3 is 6.09 Å². The number of carbonyl (C=O) groups is 1. The minimum Gasteiger partial charge on any atom is -0.444 e. The van der Waals surface area contributed by atoms with Gasteiger partial charge in [-0.1, -0.05) is 6.92 Å². The summed E-state index contributed by atoms with van der Waals surface area (Å²) >= 11 is 0. The molecule has 1 rings (SSSR count). The molecule has 130 valence electrons. The third-order valence-electron chi connectivity index (χ3n) is 3.97. The van der Waals surface area contributed by atoms with E-state index in [1.165, 1.54) is 0 Å². The van der Waals surface area contributed by atoms with E-state index < -0.39 is 11.7 Å². The topological polar surface area (TPSA) is 59.0 Å². The second-order valence-electron chi connectivity index (χ2n) is 8.01. The van der Waals surface area contributed by atoms with E-state index in [1.54, 1.807) is 4.90 Å². The van der Waals surface area contributed by atoms with Gasteiger partial charge in [0.1, 0.15) is 5.60 Å². The zero-order valence-corrected chi connectivity index (χ0v) is 15.2. The maximum Gasteiger partial charge on any atom is 0.410 e. The molecule has 1 fully saturated rings. The quantitative estimate of drug-likeness (QED) is 0.866. The largest absolute Gasteiger partial charge is 0.444 e. The molecule has 5 nitrogen and oxygen atoms in total. The fourth-order valence-electron chi connectivity index (χ4n) is 3.13. The lowest BCUT2D eigenvalue weighted by molar-refractivity contribution is -0.0776. The molecule has 22 heavy (non-hydrogen) atoms. The van der Waals surface area contributed by atoms with Gasteiger partial charge in [-0.05, 0) is 48.0 Å². The summed E-state index contributed by atoms with van der Waals surface area (Å²) in [5, 5.41) is 10.5. The number of amides is 1. The fourth-order valence-corrected chi connectivity index (χ4v) is 3.13. The maximum absolute atomic E-state index is 12.3. The smallest absolute Gasteiger partial charge is 0.410 e. The molecule has 0 aromatic rings. The molecule has 0 aliphatic carbocycles. The number of hydrogen-bond donors (Lipinski definition) is 1. The highest BCUT2D eigenvalue weighted by atomic mass is 16.6. The first kappa shape index (κ1) is 19.2. The van der Waals surface area contributed by atoms with Crippen LogP contribution in [0.3, 0.4) is 0 Å². The van der Waals surface area contributed by atoms with Gasteiger partial charge in [0, 0.05) is 31.5 Å². The van der Waals surface area contributed by atoms with Crippen molar-refractivity contribution in [1.29, 1.82) is 0 Å². The van der Waals surface area contributed by atoms with Gasteiger partial charge < -0.3 is 19.5 Å². The molecule has 1 aliphatic heterocycles. The van der Waals surface area contributed by atoms with Crippen LogP contribution in [0.5, 0.6) is 0 Å². The first-order valence-corrected chi connectivity index (χ1v) is 8.25. The number of aliphatic hydroxyl groups is 1. The highest BCUT2D eigenvalue weighted by molar-refractivity contribution is 5.68. The molecule has 3 atom stereocenters. The monoisotopic (exact) mass is 315 g/mol. The Labute approximate surface area is 135 Å². The van der Waals surface area contributed by atoms with Crippen molar-refractivity contribution in [3.05, 3.63) is 0 Å². The average Bonchev–Trinajstić information content (AvgIpc) is 2.32. The standard InChI is InChI=1S/C17H33NO4/c1-8-21-17(6,7)9-13-11-18(10-12(2)14(13)19)15(20)22-16(3,4)5/h12-14,19H,8-11H2,1-7H3. The highest BCUT2D eigenvalue weighted by Crippen LogP contribution is 2.31. The van der Waals surface area contributed by atoms with Gasteiger partial charge in [-0.25, -0.2) is 4.79 Å². The van der Waals surface area contributed by atoms with E-state index in [0.717, 1.165) is 0 Å². The van der Waals surface area contributed by atoms with Crippen LogP contribution in [0.15, 0.2) is 0 Å². The van der Waals surface area contributed by atoms with Gasteiger partial charge in [-0.15, -0.1) is 0 Å². The van der Waals surface area contributed by atoms with Crippen LogP contribution in [0.1, 0.15) is 54.9 Å². The van der Waals surface area contributed by atoms with E-state index >= 15 is 0 Å². The Morgan fingerprint density at radius 1 is 1.23 bits per heavy atom. The predicted octanol–water partition coefficient (Wildman–Crippen LogP) is 3.06. The van der Waals surface area contributed by atoms with Crippen LogP contribution < -0.4 is 0 Å². The second-order valence-corrected chi connectivity index (χ2v) is 8.01. The van der Waals surface area contributed by atoms with Crippen LogP contribution >= 0.6 is 0 Å². The zero-order chi connectivity index (χ0) is 17.1. The van der Waals surface area contributed by atoms with Gasteiger partial charge in [-0.3, -0.25) is 0 Å². The third-order valence-corrected chi connectivity index (χ3v) is 3.97. The van der Waals surface area contributed by atoms with Crippen LogP contribution in [0.2, 0.25) is 0 Å². The van der Waals surface area contributed by atoms with Gasteiger partial charge in [0.25, 0.3) is 0 Å². The van der Waals surface area contributed by atoms with E-state index in [9.17, 15) is 9.90 Å². The van der Waals surface area contributed by atoms with Gasteiger partial charge in [0.15, 0.2) is 0 Å². The molecule has 1 aliphatic rings. The minimum atomic E-state index is -0.503. The third kappa shape index (κ3) is 5.76. The molecule has 1 N–H and O–H groups in total. The molecule has 0 bridgehead atoms. The summed E-state index contributed by atoms with van der Waals surface area (Å²) in [6.07, 6.45) is -0.00469. The van der Waals surface area contributed by atoms with Crippen molar-refractivity contribution in [3.63, 3.8) is 0 Å². The summed E-state index contributed by atoms with van der Waals surface area (Å²) < 4.78 is 11.2. The summed E-state index contributed by atoms with van der Waals surface area (Å²) in [6.45, 7) is 15.3. The van der Waals surface area contributed by atoms with Crippen molar-refractivity contribution in [2.45, 2.75) is 72.2 Å². The van der Waals surface area contributed by atoms with E-state index in [-0.39, 0.29) is 23.5 Å². The number of rotatable bonds is 4. The van der Waals surface area contributed by atoms with Crippen molar-refractivity contribution in [2.24, 2.45) is 11.8 Å². The number of hydrogen-bond acceptors (Lipinski definition) is 4. The maximum atomic E-state index is 12.3. The van der Waals surface area contributed by atoms with Crippen molar-refractivity contribution in [2.75, 3.05) is 19.7 Å². The average molecular weight is 315 g/mol. The number of ether oxygens (including phenoxy) is 2. The summed E-state index contributed by atoms with van der Waals surface area (Å²) in [5.41, 5.74) is -0.812. The van der Waals surface area contributed by atoms with Crippen molar-refractivity contribution in [3.8, 4) is 0 Å². The molecule has 0 spiro atoms. The van der Waals surface area contributed by atoms with Crippen LogP contribution in [0.4, 0.5) is 4.79 Å². The summed E-state index contributed by atoms with van der Waals surface area (Å²) in [7, 11) is 0. The lowest BCUT2D eigenvalue weighted by Gasteiger charge is -2.43. The molecule has 0 radical (unpaired) electrons. The van der Waals surface area contributed by atoms with E-state index in [1.807, 2.05) is 48.5 Å². The van der Waals surface area contributed by atoms with Crippen LogP contribution in [0.25, 0.3) is 0 Å². The number of carbonyl (C=O) groups excluding carboxylic acids is 1. The molecule has 3 unspecified atom stereocenters. The van der Waals surface area contributed by atoms with Gasteiger partial charge in [0.2, 0.25) is 0 Å². The minimum absolute atomic E-state index is 0.00202. The molecule has 0 aromatic carbocycles. The van der Waals surface area contributed by atoms with Gasteiger partial charge in [-0.2, -0.15) is 0 Å². The lowest BCUT2D eigenvalue weighted by atomic mass is 9.81. The van der Waals surface area contributed by atoms with Crippen molar-refractivity contribution in [1.82, 2.24) is 4.90 Å². The molecule has 1 amide bonds. The Kier molecular flexibility index (Phi) is 6.27. The summed E-state index contributed by atoms with van der Waals surface area (Å²) in [6, 6.07) is 0. The zero-order valence-electron chi connectivity index (χ0n) is 15.2. The Balaban J connectivity index is 2.75. The van der Waals surface area contributed by atoms with E-state index in [4.69, 9.17) is 9.47 Å². The molecule has 0 aromatic heterocycles. The second kappa shape index (κ2) is 7.18. The van der Waals surface area contributed by atoms with E-state index in [0.29, 0.717) is 26.1 Å². The van der Waals surface area contributed by atoms with Crippen molar-refractivity contribution >= 4 is 6.09 Å². The summed E-state index contributed by atoms with van der Waals surface area (Å²) in [5.74, 6) is 0.0292. The molecule has 5 heteroatoms. The Bertz CT molecular complexity index is 375. The normalized spacial score (nSPS) is 26.9. The Morgan fingerprint density at radius 2 is 1.82 bits per heavy atom. The van der Waals surface area contributed by atoms with Crippen LogP contribution in [-0.4, -0.2) is 53.1 Å². The number of aliphatic hydroxyl groups excluding tert-OH is 1. The van der Waals surface area contributed by atoms with Crippen molar-refractivity contribution < 1.29 is 19.4 Å². The van der Waals surface area contributed by atoms with Crippen LogP contribution in [-0.2, 0) is 9.47 Å². The Morgan fingerprint density at radius 3 is 2.32 bits per heavy atom. The molecule has 1 saturated heterocycles. The highest BCUT2D eigenvalue weighted by Gasteiger charge is 2.39. The lowest BCUT2D eigenvalue weighted by Crippen LogP contribution is -2.53. The molecular weight excluding hydrogens is 282 g/mol. The first-order chi connectivity index (χ1) is 9.95. The first-order valence-electron chi connectivity index (χ1n) is 8.25. The SMILES string of the molecule is CCOC(C)(C)CC1CN(C(=O)OC(C)(C)C)CC(C)C1O. The fraction of sp³-hybridized carbons (Fsp3) is 0.941. The van der Waals surface area contributed by atoms with Gasteiger partial charge in [0.05, 0.1) is 11.7 Å². The number of likely N-dealkylation sites (tertiary alicyclic amines) is 1. The summed E-state index contributed by atoms with van der Waals surface area (Å²) in [4.78, 5) is 14.0. The Hall–Kier alpha value is -0.810. The molecular formula is C17H33NO4.